The maximum Gasteiger partial charge on any atom is 0.251 e. The van der Waals surface area contributed by atoms with E-state index in [0.717, 1.165) is 11.1 Å². The molecule has 1 N–H and O–H groups in total. The summed E-state index contributed by atoms with van der Waals surface area (Å²) in [4.78, 5) is 16.6. The molecule has 31 heavy (non-hydrogen) atoms. The van der Waals surface area contributed by atoms with Crippen LogP contribution in [0.1, 0.15) is 35.3 Å². The van der Waals surface area contributed by atoms with Crippen LogP contribution in [-0.2, 0) is 13.2 Å². The maximum absolute atomic E-state index is 12.6. The average molecular weight is 421 g/mol. The Hall–Kier alpha value is -3.54. The highest BCUT2D eigenvalue weighted by Crippen LogP contribution is 2.29. The molecule has 162 valence electrons. The van der Waals surface area contributed by atoms with E-state index in [1.807, 2.05) is 42.5 Å². The van der Waals surface area contributed by atoms with Gasteiger partial charge in [0.1, 0.15) is 12.4 Å². The lowest BCUT2D eigenvalue weighted by atomic mass is 10.1. The number of methoxy groups -OCH3 is 1. The van der Waals surface area contributed by atoms with Gasteiger partial charge >= 0.3 is 0 Å². The molecule has 0 bridgehead atoms. The summed E-state index contributed by atoms with van der Waals surface area (Å²) in [5.41, 5.74) is 2.49. The van der Waals surface area contributed by atoms with Crippen molar-refractivity contribution >= 4 is 5.91 Å². The molecule has 1 aromatic heterocycles. The number of ether oxygens (including phenoxy) is 3. The number of carbonyl (C=O) groups excluding carboxylic acids is 1. The Morgan fingerprint density at radius 3 is 2.52 bits per heavy atom. The number of aromatic nitrogens is 1. The molecular formula is C25H28N2O4. The average Bonchev–Trinajstić information content (AvgIpc) is 2.81. The van der Waals surface area contributed by atoms with Crippen LogP contribution in [0.2, 0.25) is 0 Å². The molecule has 0 saturated heterocycles. The van der Waals surface area contributed by atoms with Gasteiger partial charge in [0.25, 0.3) is 5.91 Å². The normalized spacial score (nSPS) is 10.6. The molecule has 0 spiro atoms. The summed E-state index contributed by atoms with van der Waals surface area (Å²) in [6, 6.07) is 16.6. The van der Waals surface area contributed by atoms with E-state index in [9.17, 15) is 4.79 Å². The summed E-state index contributed by atoms with van der Waals surface area (Å²) in [5, 5.41) is 2.94. The summed E-state index contributed by atoms with van der Waals surface area (Å²) in [5.74, 6) is 2.21. The number of rotatable bonds is 10. The molecule has 3 aromatic rings. The summed E-state index contributed by atoms with van der Waals surface area (Å²) < 4.78 is 17.0. The third kappa shape index (κ3) is 6.74. The largest absolute Gasteiger partial charge is 0.493 e. The lowest BCUT2D eigenvalue weighted by molar-refractivity contribution is 0.0950. The van der Waals surface area contributed by atoms with Gasteiger partial charge < -0.3 is 19.5 Å². The van der Waals surface area contributed by atoms with Gasteiger partial charge in [-0.25, -0.2) is 0 Å². The summed E-state index contributed by atoms with van der Waals surface area (Å²) in [6.07, 6.45) is 3.46. The number of nitrogens with zero attached hydrogens (tertiary/aromatic N) is 1. The predicted octanol–water partition coefficient (Wildman–Crippen LogP) is 4.63. The van der Waals surface area contributed by atoms with Gasteiger partial charge in [-0.1, -0.05) is 26.0 Å². The van der Waals surface area contributed by atoms with Gasteiger partial charge in [-0.15, -0.1) is 0 Å². The minimum absolute atomic E-state index is 0.160. The summed E-state index contributed by atoms with van der Waals surface area (Å²) in [6.45, 7) is 5.57. The molecule has 0 atom stereocenters. The first-order valence-corrected chi connectivity index (χ1v) is 10.2. The quantitative estimate of drug-likeness (QED) is 0.518. The summed E-state index contributed by atoms with van der Waals surface area (Å²) in [7, 11) is 1.60. The molecule has 0 aliphatic rings. The number of pyridine rings is 1. The second-order valence-corrected chi connectivity index (χ2v) is 7.54. The molecule has 0 aliphatic carbocycles. The third-order valence-electron chi connectivity index (χ3n) is 4.50. The topological polar surface area (TPSA) is 69.7 Å². The standard InChI is InChI=1S/C25H28N2O4/c1-18(2)16-30-22-6-4-5-21(14-22)25(28)27-15-20-7-8-23(24(13-20)29-3)31-17-19-9-11-26-12-10-19/h4-14,18H,15-17H2,1-3H3,(H,27,28). The Labute approximate surface area is 183 Å². The molecular weight excluding hydrogens is 392 g/mol. The molecule has 0 saturated carbocycles. The van der Waals surface area contributed by atoms with Crippen molar-refractivity contribution in [1.82, 2.24) is 10.3 Å². The van der Waals surface area contributed by atoms with Gasteiger partial charge in [0.15, 0.2) is 11.5 Å². The molecule has 2 aromatic carbocycles. The van der Waals surface area contributed by atoms with Gasteiger partial charge in [-0.05, 0) is 59.5 Å². The van der Waals surface area contributed by atoms with Crippen LogP contribution in [-0.4, -0.2) is 24.6 Å². The highest BCUT2D eigenvalue weighted by Gasteiger charge is 2.10. The van der Waals surface area contributed by atoms with Crippen molar-refractivity contribution < 1.29 is 19.0 Å². The van der Waals surface area contributed by atoms with E-state index < -0.39 is 0 Å². The third-order valence-corrected chi connectivity index (χ3v) is 4.50. The van der Waals surface area contributed by atoms with Gasteiger partial charge in [-0.2, -0.15) is 0 Å². The Kier molecular flexibility index (Phi) is 7.87. The first-order valence-electron chi connectivity index (χ1n) is 10.2. The Balaban J connectivity index is 1.58. The zero-order chi connectivity index (χ0) is 22.1. The monoisotopic (exact) mass is 420 g/mol. The summed E-state index contributed by atoms with van der Waals surface area (Å²) >= 11 is 0. The predicted molar refractivity (Wildman–Crippen MR) is 120 cm³/mol. The van der Waals surface area contributed by atoms with Crippen LogP contribution < -0.4 is 19.5 Å². The van der Waals surface area contributed by atoms with Crippen molar-refractivity contribution in [3.8, 4) is 17.2 Å². The molecule has 6 nitrogen and oxygen atoms in total. The smallest absolute Gasteiger partial charge is 0.251 e. The SMILES string of the molecule is COc1cc(CNC(=O)c2cccc(OCC(C)C)c2)ccc1OCc1ccncc1. The van der Waals surface area contributed by atoms with Crippen molar-refractivity contribution in [3.05, 3.63) is 83.7 Å². The fraction of sp³-hybridized carbons (Fsp3) is 0.280. The molecule has 1 heterocycles. The molecule has 6 heteroatoms. The zero-order valence-electron chi connectivity index (χ0n) is 18.1. The van der Waals surface area contributed by atoms with Gasteiger partial charge in [0.05, 0.1) is 13.7 Å². The van der Waals surface area contributed by atoms with Crippen LogP contribution in [0.15, 0.2) is 67.0 Å². The molecule has 0 fully saturated rings. The number of amides is 1. The van der Waals surface area contributed by atoms with Gasteiger partial charge in [0, 0.05) is 24.5 Å². The number of hydrogen-bond donors (Lipinski definition) is 1. The van der Waals surface area contributed by atoms with Crippen LogP contribution in [0.3, 0.4) is 0 Å². The van der Waals surface area contributed by atoms with Crippen LogP contribution in [0, 0.1) is 5.92 Å². The van der Waals surface area contributed by atoms with E-state index in [1.54, 1.807) is 31.6 Å². The van der Waals surface area contributed by atoms with E-state index in [2.05, 4.69) is 24.1 Å². The number of benzene rings is 2. The van der Waals surface area contributed by atoms with Crippen LogP contribution in [0.25, 0.3) is 0 Å². The van der Waals surface area contributed by atoms with E-state index >= 15 is 0 Å². The van der Waals surface area contributed by atoms with Gasteiger partial charge in [-0.3, -0.25) is 9.78 Å². The minimum atomic E-state index is -0.160. The van der Waals surface area contributed by atoms with Crippen LogP contribution in [0.5, 0.6) is 17.2 Å². The van der Waals surface area contributed by atoms with Crippen LogP contribution in [0.4, 0.5) is 0 Å². The van der Waals surface area contributed by atoms with Crippen LogP contribution >= 0.6 is 0 Å². The van der Waals surface area contributed by atoms with Crippen molar-refractivity contribution in [2.24, 2.45) is 5.92 Å². The first-order chi connectivity index (χ1) is 15.0. The van der Waals surface area contributed by atoms with E-state index in [0.29, 0.717) is 48.5 Å². The van der Waals surface area contributed by atoms with E-state index in [1.165, 1.54) is 0 Å². The molecule has 3 rings (SSSR count). The Bertz CT molecular complexity index is 990. The lowest BCUT2D eigenvalue weighted by Crippen LogP contribution is -2.22. The fourth-order valence-corrected chi connectivity index (χ4v) is 2.86. The fourth-order valence-electron chi connectivity index (χ4n) is 2.86. The minimum Gasteiger partial charge on any atom is -0.493 e. The first kappa shape index (κ1) is 22.2. The Morgan fingerprint density at radius 2 is 1.77 bits per heavy atom. The highest BCUT2D eigenvalue weighted by atomic mass is 16.5. The highest BCUT2D eigenvalue weighted by molar-refractivity contribution is 5.94. The van der Waals surface area contributed by atoms with Crippen molar-refractivity contribution in [2.45, 2.75) is 27.0 Å². The number of nitrogens with one attached hydrogen (secondary N) is 1. The van der Waals surface area contributed by atoms with Gasteiger partial charge in [0.2, 0.25) is 0 Å². The molecule has 0 radical (unpaired) electrons. The number of hydrogen-bond acceptors (Lipinski definition) is 5. The molecule has 1 amide bonds. The Morgan fingerprint density at radius 1 is 0.968 bits per heavy atom. The van der Waals surface area contributed by atoms with Crippen molar-refractivity contribution in [2.75, 3.05) is 13.7 Å². The maximum atomic E-state index is 12.6. The second-order valence-electron chi connectivity index (χ2n) is 7.54. The van der Waals surface area contributed by atoms with E-state index in [4.69, 9.17) is 14.2 Å². The second kappa shape index (κ2) is 11.0. The lowest BCUT2D eigenvalue weighted by Gasteiger charge is -2.13. The van der Waals surface area contributed by atoms with Crippen molar-refractivity contribution in [3.63, 3.8) is 0 Å². The van der Waals surface area contributed by atoms with E-state index in [-0.39, 0.29) is 5.91 Å². The zero-order valence-corrected chi connectivity index (χ0v) is 18.1. The molecule has 0 aliphatic heterocycles. The molecule has 0 unspecified atom stereocenters. The number of carbonyl (C=O) groups is 1. The van der Waals surface area contributed by atoms with Crippen molar-refractivity contribution in [1.29, 1.82) is 0 Å².